The SMILES string of the molecule is CC(C)(C)CC(c1ccc2cc(N)ccc2c1)C(C)(C)C. The van der Waals surface area contributed by atoms with Crippen molar-refractivity contribution in [2.45, 2.75) is 53.9 Å². The van der Waals surface area contributed by atoms with E-state index >= 15 is 0 Å². The molecule has 1 atom stereocenters. The monoisotopic (exact) mass is 283 g/mol. The number of hydrogen-bond donors (Lipinski definition) is 1. The van der Waals surface area contributed by atoms with Crippen molar-refractivity contribution >= 4 is 16.5 Å². The highest BCUT2D eigenvalue weighted by Crippen LogP contribution is 2.43. The zero-order valence-electron chi connectivity index (χ0n) is 14.3. The van der Waals surface area contributed by atoms with Crippen LogP contribution in [0.1, 0.15) is 59.4 Å². The van der Waals surface area contributed by atoms with Crippen LogP contribution in [-0.2, 0) is 0 Å². The fourth-order valence-electron chi connectivity index (χ4n) is 3.04. The molecule has 0 saturated carbocycles. The van der Waals surface area contributed by atoms with Gasteiger partial charge in [0.2, 0.25) is 0 Å². The highest BCUT2D eigenvalue weighted by Gasteiger charge is 2.30. The van der Waals surface area contributed by atoms with Crippen LogP contribution in [0.3, 0.4) is 0 Å². The molecule has 0 aromatic heterocycles. The predicted molar refractivity (Wildman–Crippen MR) is 94.6 cm³/mol. The molecule has 0 bridgehead atoms. The van der Waals surface area contributed by atoms with E-state index in [0.29, 0.717) is 11.3 Å². The van der Waals surface area contributed by atoms with Gasteiger partial charge >= 0.3 is 0 Å². The van der Waals surface area contributed by atoms with Gasteiger partial charge in [0.25, 0.3) is 0 Å². The van der Waals surface area contributed by atoms with Gasteiger partial charge in [0.1, 0.15) is 0 Å². The first kappa shape index (κ1) is 15.9. The molecule has 0 amide bonds. The Balaban J connectivity index is 2.47. The number of nitrogens with two attached hydrogens (primary N) is 1. The molecule has 0 aliphatic carbocycles. The van der Waals surface area contributed by atoms with E-state index < -0.39 is 0 Å². The number of hydrogen-bond acceptors (Lipinski definition) is 1. The van der Waals surface area contributed by atoms with Crippen molar-refractivity contribution in [3.8, 4) is 0 Å². The van der Waals surface area contributed by atoms with Crippen LogP contribution in [0.25, 0.3) is 10.8 Å². The maximum Gasteiger partial charge on any atom is 0.0320 e. The van der Waals surface area contributed by atoms with E-state index in [-0.39, 0.29) is 5.41 Å². The summed E-state index contributed by atoms with van der Waals surface area (Å²) in [6.45, 7) is 14.0. The number of anilines is 1. The second-order valence-corrected chi connectivity index (χ2v) is 8.55. The summed E-state index contributed by atoms with van der Waals surface area (Å²) in [6.07, 6.45) is 1.19. The van der Waals surface area contributed by atoms with Crippen LogP contribution in [0.2, 0.25) is 0 Å². The minimum atomic E-state index is 0.259. The minimum Gasteiger partial charge on any atom is -0.399 e. The fourth-order valence-corrected chi connectivity index (χ4v) is 3.04. The molecule has 0 radical (unpaired) electrons. The van der Waals surface area contributed by atoms with Gasteiger partial charge in [-0.15, -0.1) is 0 Å². The van der Waals surface area contributed by atoms with E-state index in [1.807, 2.05) is 6.07 Å². The molecular formula is C20H29N. The quantitative estimate of drug-likeness (QED) is 0.673. The van der Waals surface area contributed by atoms with Crippen LogP contribution in [0.4, 0.5) is 5.69 Å². The third-order valence-corrected chi connectivity index (χ3v) is 4.15. The van der Waals surface area contributed by atoms with Crippen LogP contribution in [-0.4, -0.2) is 0 Å². The number of fused-ring (bicyclic) bond motifs is 1. The average Bonchev–Trinajstić information content (AvgIpc) is 2.33. The van der Waals surface area contributed by atoms with Crippen LogP contribution in [0, 0.1) is 10.8 Å². The van der Waals surface area contributed by atoms with Gasteiger partial charge in [0.15, 0.2) is 0 Å². The third-order valence-electron chi connectivity index (χ3n) is 4.15. The Labute approximate surface area is 129 Å². The second-order valence-electron chi connectivity index (χ2n) is 8.55. The molecule has 1 heteroatoms. The molecule has 0 fully saturated rings. The first-order chi connectivity index (χ1) is 9.56. The lowest BCUT2D eigenvalue weighted by molar-refractivity contribution is 0.229. The Morgan fingerprint density at radius 2 is 1.43 bits per heavy atom. The number of nitrogen functional groups attached to an aromatic ring is 1. The number of benzene rings is 2. The lowest BCUT2D eigenvalue weighted by Crippen LogP contribution is -2.23. The van der Waals surface area contributed by atoms with Crippen molar-refractivity contribution in [1.82, 2.24) is 0 Å². The molecule has 2 N–H and O–H groups in total. The Morgan fingerprint density at radius 1 is 0.857 bits per heavy atom. The normalized spacial score (nSPS) is 14.4. The van der Waals surface area contributed by atoms with Gasteiger partial charge in [0, 0.05) is 5.69 Å². The standard InChI is InChI=1S/C20H29N/c1-19(2,3)13-18(20(4,5)6)16-8-7-15-12-17(21)10-9-14(15)11-16/h7-12,18H,13,21H2,1-6H3. The van der Waals surface area contributed by atoms with Gasteiger partial charge in [-0.2, -0.15) is 0 Å². The first-order valence-corrected chi connectivity index (χ1v) is 7.85. The van der Waals surface area contributed by atoms with E-state index in [4.69, 9.17) is 5.73 Å². The summed E-state index contributed by atoms with van der Waals surface area (Å²) in [4.78, 5) is 0. The van der Waals surface area contributed by atoms with Gasteiger partial charge < -0.3 is 5.73 Å². The van der Waals surface area contributed by atoms with Crippen molar-refractivity contribution in [2.75, 3.05) is 5.73 Å². The molecule has 1 nitrogen and oxygen atoms in total. The molecule has 0 saturated heterocycles. The molecule has 0 aliphatic heterocycles. The van der Waals surface area contributed by atoms with E-state index in [1.54, 1.807) is 0 Å². The smallest absolute Gasteiger partial charge is 0.0320 e. The highest BCUT2D eigenvalue weighted by atomic mass is 14.5. The molecule has 2 rings (SSSR count). The first-order valence-electron chi connectivity index (χ1n) is 7.85. The maximum atomic E-state index is 5.87. The van der Waals surface area contributed by atoms with Gasteiger partial charge in [-0.05, 0) is 51.6 Å². The Morgan fingerprint density at radius 3 is 2.00 bits per heavy atom. The lowest BCUT2D eigenvalue weighted by Gasteiger charge is -2.36. The van der Waals surface area contributed by atoms with Crippen LogP contribution in [0.5, 0.6) is 0 Å². The summed E-state index contributed by atoms with van der Waals surface area (Å²) in [7, 11) is 0. The van der Waals surface area contributed by atoms with E-state index in [2.05, 4.69) is 71.9 Å². The van der Waals surface area contributed by atoms with Gasteiger partial charge in [-0.25, -0.2) is 0 Å². The van der Waals surface area contributed by atoms with Gasteiger partial charge in [0.05, 0.1) is 0 Å². The maximum absolute atomic E-state index is 5.87. The van der Waals surface area contributed by atoms with Crippen molar-refractivity contribution in [1.29, 1.82) is 0 Å². The van der Waals surface area contributed by atoms with E-state index in [1.165, 1.54) is 22.8 Å². The van der Waals surface area contributed by atoms with Crippen LogP contribution in [0.15, 0.2) is 36.4 Å². The summed E-state index contributed by atoms with van der Waals surface area (Å²) >= 11 is 0. The molecule has 0 aliphatic rings. The molecule has 114 valence electrons. The summed E-state index contributed by atoms with van der Waals surface area (Å²) in [5.74, 6) is 0.555. The minimum absolute atomic E-state index is 0.259. The topological polar surface area (TPSA) is 26.0 Å². The van der Waals surface area contributed by atoms with E-state index in [9.17, 15) is 0 Å². The Hall–Kier alpha value is -1.50. The third kappa shape index (κ3) is 4.00. The molecule has 2 aromatic carbocycles. The fraction of sp³-hybridized carbons (Fsp3) is 0.500. The van der Waals surface area contributed by atoms with Gasteiger partial charge in [-0.1, -0.05) is 65.8 Å². The molecular weight excluding hydrogens is 254 g/mol. The van der Waals surface area contributed by atoms with Crippen molar-refractivity contribution in [3.63, 3.8) is 0 Å². The largest absolute Gasteiger partial charge is 0.399 e. The van der Waals surface area contributed by atoms with Crippen molar-refractivity contribution < 1.29 is 0 Å². The van der Waals surface area contributed by atoms with Crippen molar-refractivity contribution in [2.24, 2.45) is 10.8 Å². The lowest BCUT2D eigenvalue weighted by atomic mass is 9.69. The molecule has 21 heavy (non-hydrogen) atoms. The predicted octanol–water partition coefficient (Wildman–Crippen LogP) is 5.99. The molecule has 0 spiro atoms. The zero-order chi connectivity index (χ0) is 15.8. The van der Waals surface area contributed by atoms with Crippen molar-refractivity contribution in [3.05, 3.63) is 42.0 Å². The van der Waals surface area contributed by atoms with E-state index in [0.717, 1.165) is 5.69 Å². The zero-order valence-corrected chi connectivity index (χ0v) is 14.3. The molecule has 0 heterocycles. The summed E-state index contributed by atoms with van der Waals surface area (Å²) in [5, 5.41) is 2.51. The molecule has 2 aromatic rings. The highest BCUT2D eigenvalue weighted by molar-refractivity contribution is 5.86. The van der Waals surface area contributed by atoms with Crippen LogP contribution >= 0.6 is 0 Å². The second kappa shape index (κ2) is 5.36. The summed E-state index contributed by atoms with van der Waals surface area (Å²) in [6, 6.07) is 13.0. The molecule has 1 unspecified atom stereocenters. The Bertz CT molecular complexity index is 626. The Kier molecular flexibility index (Phi) is 4.06. The summed E-state index contributed by atoms with van der Waals surface area (Å²) in [5.41, 5.74) is 8.73. The van der Waals surface area contributed by atoms with Crippen LogP contribution < -0.4 is 5.73 Å². The average molecular weight is 283 g/mol. The van der Waals surface area contributed by atoms with Gasteiger partial charge in [-0.3, -0.25) is 0 Å². The number of rotatable bonds is 2. The summed E-state index contributed by atoms with van der Waals surface area (Å²) < 4.78 is 0.